The molecule has 1 heterocycles. The average Bonchev–Trinajstić information content (AvgIpc) is 2.88. The number of ketones is 1. The number of esters is 1. The number of rotatable bonds is 2. The zero-order valence-corrected chi connectivity index (χ0v) is 11.0. The van der Waals surface area contributed by atoms with Gasteiger partial charge in [-0.3, -0.25) is 4.79 Å². The molecule has 1 aliphatic carbocycles. The van der Waals surface area contributed by atoms with Crippen LogP contribution in [0.1, 0.15) is 38.4 Å². The molecule has 21 heavy (non-hydrogen) atoms. The third-order valence-corrected chi connectivity index (χ3v) is 3.31. The van der Waals surface area contributed by atoms with Crippen LogP contribution in [0.25, 0.3) is 0 Å². The lowest BCUT2D eigenvalue weighted by molar-refractivity contribution is 0.0728. The van der Waals surface area contributed by atoms with Crippen LogP contribution in [-0.2, 0) is 6.42 Å². The zero-order chi connectivity index (χ0) is 14.8. The first-order valence-corrected chi connectivity index (χ1v) is 6.42. The molecule has 5 heteroatoms. The van der Waals surface area contributed by atoms with Crippen molar-refractivity contribution < 1.29 is 14.3 Å². The lowest BCUT2D eigenvalue weighted by atomic mass is 10.1. The second-order valence-corrected chi connectivity index (χ2v) is 4.68. The van der Waals surface area contributed by atoms with E-state index in [-0.39, 0.29) is 11.5 Å². The highest BCUT2D eigenvalue weighted by Gasteiger charge is 2.20. The number of hydrogen-bond donors (Lipinski definition) is 0. The minimum Gasteiger partial charge on any atom is -0.422 e. The van der Waals surface area contributed by atoms with Crippen LogP contribution in [0.5, 0.6) is 5.75 Å². The maximum atomic E-state index is 11.9. The third kappa shape index (κ3) is 2.51. The van der Waals surface area contributed by atoms with E-state index in [2.05, 4.69) is 4.98 Å². The van der Waals surface area contributed by atoms with Crippen LogP contribution >= 0.6 is 0 Å². The van der Waals surface area contributed by atoms with Gasteiger partial charge in [0.05, 0.1) is 5.56 Å². The molecule has 5 nitrogen and oxygen atoms in total. The Hall–Kier alpha value is -3.00. The number of fused-ring (bicyclic) bond motifs is 1. The predicted octanol–water partition coefficient (Wildman–Crippen LogP) is 2.30. The molecule has 0 fully saturated rings. The molecule has 0 bridgehead atoms. The van der Waals surface area contributed by atoms with Crippen LogP contribution in [0, 0.1) is 11.3 Å². The standard InChI is InChI=1S/C16H10N2O3/c17-8-10-1-5-14(18-9-10)16(20)21-12-3-4-13-11(7-12)2-6-15(13)19/h1,3-5,7,9H,2,6H2. The number of hydrogen-bond acceptors (Lipinski definition) is 5. The quantitative estimate of drug-likeness (QED) is 0.622. The molecule has 0 aliphatic heterocycles. The van der Waals surface area contributed by atoms with Gasteiger partial charge in [-0.25, -0.2) is 9.78 Å². The van der Waals surface area contributed by atoms with Gasteiger partial charge >= 0.3 is 5.97 Å². The molecule has 0 amide bonds. The second kappa shape index (κ2) is 5.17. The van der Waals surface area contributed by atoms with Crippen LogP contribution in [0.15, 0.2) is 36.5 Å². The maximum Gasteiger partial charge on any atom is 0.362 e. The first kappa shape index (κ1) is 13.0. The summed E-state index contributed by atoms with van der Waals surface area (Å²) in [7, 11) is 0. The van der Waals surface area contributed by atoms with Gasteiger partial charge in [0.15, 0.2) is 5.78 Å². The van der Waals surface area contributed by atoms with Gasteiger partial charge in [-0.2, -0.15) is 5.26 Å². The van der Waals surface area contributed by atoms with E-state index in [1.807, 2.05) is 6.07 Å². The molecule has 0 N–H and O–H groups in total. The van der Waals surface area contributed by atoms with Crippen molar-refractivity contribution in [2.24, 2.45) is 0 Å². The van der Waals surface area contributed by atoms with E-state index in [4.69, 9.17) is 10.00 Å². The maximum absolute atomic E-state index is 11.9. The van der Waals surface area contributed by atoms with E-state index in [1.165, 1.54) is 18.3 Å². The van der Waals surface area contributed by atoms with Crippen molar-refractivity contribution in [2.45, 2.75) is 12.8 Å². The van der Waals surface area contributed by atoms with Gasteiger partial charge in [-0.05, 0) is 42.3 Å². The predicted molar refractivity (Wildman–Crippen MR) is 73.0 cm³/mol. The Labute approximate surface area is 120 Å². The van der Waals surface area contributed by atoms with Gasteiger partial charge in [0.25, 0.3) is 0 Å². The largest absolute Gasteiger partial charge is 0.422 e. The van der Waals surface area contributed by atoms with Crippen LogP contribution in [0.3, 0.4) is 0 Å². The molecule has 0 saturated heterocycles. The number of carbonyl (C=O) groups excluding carboxylic acids is 2. The van der Waals surface area contributed by atoms with Gasteiger partial charge in [0.2, 0.25) is 0 Å². The summed E-state index contributed by atoms with van der Waals surface area (Å²) in [5.74, 6) is -0.0833. The fraction of sp³-hybridized carbons (Fsp3) is 0.125. The molecule has 1 aromatic heterocycles. The molecule has 0 spiro atoms. The van der Waals surface area contributed by atoms with E-state index < -0.39 is 5.97 Å². The highest BCUT2D eigenvalue weighted by Crippen LogP contribution is 2.26. The Kier molecular flexibility index (Phi) is 3.20. The Morgan fingerprint density at radius 1 is 1.24 bits per heavy atom. The molecule has 102 valence electrons. The molecule has 3 rings (SSSR count). The first-order chi connectivity index (χ1) is 10.2. The summed E-state index contributed by atoms with van der Waals surface area (Å²) < 4.78 is 5.24. The average molecular weight is 278 g/mol. The van der Waals surface area contributed by atoms with Crippen molar-refractivity contribution in [3.63, 3.8) is 0 Å². The minimum atomic E-state index is -0.594. The molecular formula is C16H10N2O3. The summed E-state index contributed by atoms with van der Waals surface area (Å²) in [6.45, 7) is 0. The molecule has 2 aromatic rings. The number of carbonyl (C=O) groups is 2. The number of ether oxygens (including phenoxy) is 1. The van der Waals surface area contributed by atoms with Crippen molar-refractivity contribution in [3.8, 4) is 11.8 Å². The fourth-order valence-electron chi connectivity index (χ4n) is 2.24. The van der Waals surface area contributed by atoms with E-state index in [0.29, 0.717) is 29.7 Å². The molecule has 0 saturated carbocycles. The SMILES string of the molecule is N#Cc1ccc(C(=O)Oc2ccc3c(c2)CCC3=O)nc1. The van der Waals surface area contributed by atoms with Crippen molar-refractivity contribution in [2.75, 3.05) is 0 Å². The van der Waals surface area contributed by atoms with Gasteiger partial charge in [-0.1, -0.05) is 0 Å². The van der Waals surface area contributed by atoms with E-state index in [9.17, 15) is 9.59 Å². The number of benzene rings is 1. The van der Waals surface area contributed by atoms with Gasteiger partial charge < -0.3 is 4.74 Å². The lowest BCUT2D eigenvalue weighted by Gasteiger charge is -2.05. The lowest BCUT2D eigenvalue weighted by Crippen LogP contribution is -2.10. The normalized spacial score (nSPS) is 12.6. The molecule has 0 atom stereocenters. The monoisotopic (exact) mass is 278 g/mol. The van der Waals surface area contributed by atoms with E-state index >= 15 is 0 Å². The summed E-state index contributed by atoms with van der Waals surface area (Å²) in [4.78, 5) is 27.4. The zero-order valence-electron chi connectivity index (χ0n) is 11.0. The summed E-state index contributed by atoms with van der Waals surface area (Å²) in [6, 6.07) is 9.87. The summed E-state index contributed by atoms with van der Waals surface area (Å²) in [5, 5.41) is 8.68. The highest BCUT2D eigenvalue weighted by molar-refractivity contribution is 6.00. The minimum absolute atomic E-state index is 0.122. The Morgan fingerprint density at radius 2 is 2.10 bits per heavy atom. The van der Waals surface area contributed by atoms with Crippen molar-refractivity contribution >= 4 is 11.8 Å². The van der Waals surface area contributed by atoms with Crippen LogP contribution in [0.2, 0.25) is 0 Å². The summed E-state index contributed by atoms with van der Waals surface area (Å²) >= 11 is 0. The van der Waals surface area contributed by atoms with Crippen molar-refractivity contribution in [1.29, 1.82) is 5.26 Å². The molecule has 1 aromatic carbocycles. The smallest absolute Gasteiger partial charge is 0.362 e. The van der Waals surface area contributed by atoms with E-state index in [1.54, 1.807) is 18.2 Å². The number of nitrogens with zero attached hydrogens (tertiary/aromatic N) is 2. The third-order valence-electron chi connectivity index (χ3n) is 3.31. The van der Waals surface area contributed by atoms with Crippen LogP contribution in [0.4, 0.5) is 0 Å². The van der Waals surface area contributed by atoms with Gasteiger partial charge in [0, 0.05) is 18.2 Å². The summed E-state index contributed by atoms with van der Waals surface area (Å²) in [6.07, 6.45) is 2.50. The van der Waals surface area contributed by atoms with Gasteiger partial charge in [0.1, 0.15) is 17.5 Å². The van der Waals surface area contributed by atoms with Gasteiger partial charge in [-0.15, -0.1) is 0 Å². The highest BCUT2D eigenvalue weighted by atomic mass is 16.5. The molecule has 1 aliphatic rings. The molecule has 0 unspecified atom stereocenters. The topological polar surface area (TPSA) is 80.0 Å². The number of aromatic nitrogens is 1. The van der Waals surface area contributed by atoms with Crippen molar-refractivity contribution in [1.82, 2.24) is 4.98 Å². The van der Waals surface area contributed by atoms with E-state index in [0.717, 1.165) is 5.56 Å². The molecule has 0 radical (unpaired) electrons. The molecular weight excluding hydrogens is 268 g/mol. The number of pyridine rings is 1. The Balaban J connectivity index is 1.78. The van der Waals surface area contributed by atoms with Crippen LogP contribution < -0.4 is 4.74 Å². The number of Topliss-reactive ketones (excluding diaryl/α,β-unsaturated/α-hetero) is 1. The number of nitriles is 1. The Bertz CT molecular complexity index is 773. The summed E-state index contributed by atoms with van der Waals surface area (Å²) in [5.41, 5.74) is 2.11. The number of aryl methyl sites for hydroxylation is 1. The Morgan fingerprint density at radius 3 is 2.81 bits per heavy atom. The van der Waals surface area contributed by atoms with Crippen LogP contribution in [-0.4, -0.2) is 16.7 Å². The first-order valence-electron chi connectivity index (χ1n) is 6.42. The van der Waals surface area contributed by atoms with Crippen molar-refractivity contribution in [3.05, 3.63) is 58.9 Å². The fourth-order valence-corrected chi connectivity index (χ4v) is 2.24. The second-order valence-electron chi connectivity index (χ2n) is 4.68.